The van der Waals surface area contributed by atoms with Gasteiger partial charge < -0.3 is 15.3 Å². The number of carboxylic acid groups (broad SMARTS) is 1. The van der Waals surface area contributed by atoms with Crippen LogP contribution in [0.1, 0.15) is 43.6 Å². The van der Waals surface area contributed by atoms with Gasteiger partial charge in [0.15, 0.2) is 0 Å². The third-order valence-corrected chi connectivity index (χ3v) is 5.17. The molecule has 0 radical (unpaired) electrons. The van der Waals surface area contributed by atoms with E-state index in [9.17, 15) is 9.59 Å². The molecule has 0 aromatic heterocycles. The van der Waals surface area contributed by atoms with Crippen LogP contribution in [-0.4, -0.2) is 41.1 Å². The van der Waals surface area contributed by atoms with Crippen LogP contribution in [0.2, 0.25) is 0 Å². The van der Waals surface area contributed by atoms with Crippen molar-refractivity contribution in [2.45, 2.75) is 44.1 Å². The molecule has 2 N–H and O–H groups in total. The lowest BCUT2D eigenvalue weighted by Gasteiger charge is -2.24. The Morgan fingerprint density at radius 3 is 2.74 bits per heavy atom. The molecular formula is C18H24N2O3. The number of carboxylic acids is 1. The minimum atomic E-state index is -0.819. The van der Waals surface area contributed by atoms with Gasteiger partial charge >= 0.3 is 12.0 Å². The molecule has 1 aromatic carbocycles. The van der Waals surface area contributed by atoms with Gasteiger partial charge in [-0.3, -0.25) is 4.79 Å². The van der Waals surface area contributed by atoms with E-state index in [-0.39, 0.29) is 12.5 Å². The number of nitrogens with zero attached hydrogens (tertiary/aromatic N) is 1. The Balaban J connectivity index is 1.62. The quantitative estimate of drug-likeness (QED) is 0.821. The predicted octanol–water partition coefficient (Wildman–Crippen LogP) is 2.83. The molecule has 5 nitrogen and oxygen atoms in total. The average Bonchev–Trinajstić information content (AvgIpc) is 3.14. The Kier molecular flexibility index (Phi) is 4.84. The zero-order valence-corrected chi connectivity index (χ0v) is 13.3. The van der Waals surface area contributed by atoms with Crippen LogP contribution in [0, 0.1) is 5.92 Å². The second-order valence-electron chi connectivity index (χ2n) is 6.56. The normalized spacial score (nSPS) is 26.1. The third-order valence-electron chi connectivity index (χ3n) is 5.17. The number of urea groups is 1. The lowest BCUT2D eigenvalue weighted by Crippen LogP contribution is -2.43. The zero-order valence-electron chi connectivity index (χ0n) is 13.3. The van der Waals surface area contributed by atoms with Crippen molar-refractivity contribution in [3.63, 3.8) is 0 Å². The van der Waals surface area contributed by atoms with E-state index in [0.717, 1.165) is 13.0 Å². The van der Waals surface area contributed by atoms with Gasteiger partial charge in [0, 0.05) is 31.5 Å². The van der Waals surface area contributed by atoms with Crippen LogP contribution in [0.3, 0.4) is 0 Å². The molecular weight excluding hydrogens is 292 g/mol. The van der Waals surface area contributed by atoms with Gasteiger partial charge in [0.05, 0.1) is 0 Å². The van der Waals surface area contributed by atoms with Gasteiger partial charge in [-0.05, 0) is 30.7 Å². The second kappa shape index (κ2) is 7.02. The highest BCUT2D eigenvalue weighted by molar-refractivity contribution is 5.75. The van der Waals surface area contributed by atoms with Gasteiger partial charge in [-0.1, -0.05) is 36.8 Å². The number of carbonyl (C=O) groups excluding carboxylic acids is 1. The van der Waals surface area contributed by atoms with E-state index in [0.29, 0.717) is 30.8 Å². The molecule has 3 rings (SSSR count). The zero-order chi connectivity index (χ0) is 16.2. The fourth-order valence-electron chi connectivity index (χ4n) is 4.13. The standard InChI is InChI=1S/C18H24N2O3/c21-17(22)10-5-11-19-18(23)20-12-15(13-6-2-1-3-7-13)14-8-4-9-16(14)20/h1-3,6-7,14-16H,4-5,8-12H2,(H,19,23)(H,21,22). The van der Waals surface area contributed by atoms with Crippen molar-refractivity contribution in [3.05, 3.63) is 35.9 Å². The van der Waals surface area contributed by atoms with Gasteiger partial charge in [-0.25, -0.2) is 4.79 Å². The van der Waals surface area contributed by atoms with E-state index in [4.69, 9.17) is 5.11 Å². The Morgan fingerprint density at radius 2 is 2.00 bits per heavy atom. The maximum Gasteiger partial charge on any atom is 0.317 e. The number of likely N-dealkylation sites (tertiary alicyclic amines) is 1. The molecule has 1 aliphatic carbocycles. The molecule has 1 saturated carbocycles. The third kappa shape index (κ3) is 3.49. The molecule has 23 heavy (non-hydrogen) atoms. The molecule has 3 atom stereocenters. The number of hydrogen-bond donors (Lipinski definition) is 2. The molecule has 3 unspecified atom stereocenters. The topological polar surface area (TPSA) is 69.6 Å². The van der Waals surface area contributed by atoms with Gasteiger partial charge in [0.2, 0.25) is 0 Å². The molecule has 1 saturated heterocycles. The Bertz CT molecular complexity index is 561. The summed E-state index contributed by atoms with van der Waals surface area (Å²) < 4.78 is 0. The SMILES string of the molecule is O=C(O)CCCNC(=O)N1CC(c2ccccc2)C2CCCC21. The fourth-order valence-corrected chi connectivity index (χ4v) is 4.13. The van der Waals surface area contributed by atoms with E-state index in [1.807, 2.05) is 11.0 Å². The minimum absolute atomic E-state index is 0.0364. The number of amides is 2. The Hall–Kier alpha value is -2.04. The molecule has 2 fully saturated rings. The summed E-state index contributed by atoms with van der Waals surface area (Å²) >= 11 is 0. The molecule has 2 amide bonds. The largest absolute Gasteiger partial charge is 0.481 e. The first-order valence-corrected chi connectivity index (χ1v) is 8.48. The summed E-state index contributed by atoms with van der Waals surface area (Å²) in [7, 11) is 0. The summed E-state index contributed by atoms with van der Waals surface area (Å²) in [4.78, 5) is 25.0. The number of hydrogen-bond acceptors (Lipinski definition) is 2. The van der Waals surface area contributed by atoms with Crippen molar-refractivity contribution in [2.75, 3.05) is 13.1 Å². The van der Waals surface area contributed by atoms with Gasteiger partial charge in [0.25, 0.3) is 0 Å². The predicted molar refractivity (Wildman–Crippen MR) is 87.3 cm³/mol. The van der Waals surface area contributed by atoms with E-state index >= 15 is 0 Å². The van der Waals surface area contributed by atoms with E-state index in [1.54, 1.807) is 0 Å². The number of rotatable bonds is 5. The van der Waals surface area contributed by atoms with Crippen LogP contribution in [0.25, 0.3) is 0 Å². The van der Waals surface area contributed by atoms with Crippen LogP contribution in [0.15, 0.2) is 30.3 Å². The lowest BCUT2D eigenvalue weighted by molar-refractivity contribution is -0.137. The van der Waals surface area contributed by atoms with Gasteiger partial charge in [-0.2, -0.15) is 0 Å². The molecule has 1 heterocycles. The summed E-state index contributed by atoms with van der Waals surface area (Å²) in [6.07, 6.45) is 4.02. The highest BCUT2D eigenvalue weighted by atomic mass is 16.4. The van der Waals surface area contributed by atoms with Gasteiger partial charge in [0.1, 0.15) is 0 Å². The van der Waals surface area contributed by atoms with Gasteiger partial charge in [-0.15, -0.1) is 0 Å². The van der Waals surface area contributed by atoms with Crippen molar-refractivity contribution in [1.29, 1.82) is 0 Å². The molecule has 0 bridgehead atoms. The van der Waals surface area contributed by atoms with Crippen molar-refractivity contribution in [3.8, 4) is 0 Å². The highest BCUT2D eigenvalue weighted by Gasteiger charge is 2.46. The maximum atomic E-state index is 12.5. The monoisotopic (exact) mass is 316 g/mol. The van der Waals surface area contributed by atoms with Crippen molar-refractivity contribution in [1.82, 2.24) is 10.2 Å². The van der Waals surface area contributed by atoms with E-state index < -0.39 is 5.97 Å². The highest BCUT2D eigenvalue weighted by Crippen LogP contribution is 2.46. The number of benzene rings is 1. The van der Waals surface area contributed by atoms with Crippen LogP contribution < -0.4 is 5.32 Å². The van der Waals surface area contributed by atoms with Crippen molar-refractivity contribution < 1.29 is 14.7 Å². The number of aliphatic carboxylic acids is 1. The summed E-state index contributed by atoms with van der Waals surface area (Å²) in [5, 5.41) is 11.5. The summed E-state index contributed by atoms with van der Waals surface area (Å²) in [6.45, 7) is 1.19. The van der Waals surface area contributed by atoms with Crippen molar-refractivity contribution >= 4 is 12.0 Å². The smallest absolute Gasteiger partial charge is 0.317 e. The maximum absolute atomic E-state index is 12.5. The van der Waals surface area contributed by atoms with Crippen molar-refractivity contribution in [2.24, 2.45) is 5.92 Å². The Morgan fingerprint density at radius 1 is 1.22 bits per heavy atom. The molecule has 0 spiro atoms. The fraction of sp³-hybridized carbons (Fsp3) is 0.556. The molecule has 1 aromatic rings. The first-order valence-electron chi connectivity index (χ1n) is 8.48. The summed E-state index contributed by atoms with van der Waals surface area (Å²) in [5.74, 6) is 0.163. The van der Waals surface area contributed by atoms with Crippen LogP contribution in [-0.2, 0) is 4.79 Å². The molecule has 1 aliphatic heterocycles. The first-order chi connectivity index (χ1) is 11.2. The Labute approximate surface area is 136 Å². The molecule has 2 aliphatic rings. The number of nitrogens with one attached hydrogen (secondary N) is 1. The number of fused-ring (bicyclic) bond motifs is 1. The summed E-state index contributed by atoms with van der Waals surface area (Å²) in [6, 6.07) is 10.8. The first kappa shape index (κ1) is 15.8. The minimum Gasteiger partial charge on any atom is -0.481 e. The lowest BCUT2D eigenvalue weighted by atomic mass is 9.87. The van der Waals surface area contributed by atoms with Crippen LogP contribution in [0.5, 0.6) is 0 Å². The average molecular weight is 316 g/mol. The molecule has 124 valence electrons. The van der Waals surface area contributed by atoms with Crippen LogP contribution >= 0.6 is 0 Å². The second-order valence-corrected chi connectivity index (χ2v) is 6.56. The van der Waals surface area contributed by atoms with E-state index in [1.165, 1.54) is 18.4 Å². The number of carbonyl (C=O) groups is 2. The van der Waals surface area contributed by atoms with Crippen LogP contribution in [0.4, 0.5) is 4.79 Å². The molecule has 5 heteroatoms. The van der Waals surface area contributed by atoms with E-state index in [2.05, 4.69) is 29.6 Å². The summed E-state index contributed by atoms with van der Waals surface area (Å²) in [5.41, 5.74) is 1.32.